The molecule has 0 bridgehead atoms. The number of unbranched alkanes of at least 4 members (excludes halogenated alkanes) is 1. The van der Waals surface area contributed by atoms with E-state index in [9.17, 15) is 4.79 Å². The Balaban J connectivity index is 2.31. The van der Waals surface area contributed by atoms with E-state index in [1.54, 1.807) is 38.0 Å². The van der Waals surface area contributed by atoms with Gasteiger partial charge in [-0.25, -0.2) is 4.98 Å². The first-order valence-electron chi connectivity index (χ1n) is 8.94. The summed E-state index contributed by atoms with van der Waals surface area (Å²) in [5, 5.41) is 0.510. The highest BCUT2D eigenvalue weighted by atomic mass is 16.5. The SMILES string of the molecule is CCCCn1c(-c2cccc(OC)c2)nc2cc(OC)c(OC)cc2c1=O. The van der Waals surface area contributed by atoms with Gasteiger partial charge in [-0.1, -0.05) is 25.5 Å². The number of ether oxygens (including phenoxy) is 3. The van der Waals surface area contributed by atoms with Gasteiger partial charge in [-0.3, -0.25) is 9.36 Å². The lowest BCUT2D eigenvalue weighted by molar-refractivity contribution is 0.355. The zero-order chi connectivity index (χ0) is 19.4. The molecular weight excluding hydrogens is 344 g/mol. The number of rotatable bonds is 7. The molecule has 0 atom stereocenters. The van der Waals surface area contributed by atoms with Crippen molar-refractivity contribution in [3.8, 4) is 28.6 Å². The Morgan fingerprint density at radius 1 is 1.00 bits per heavy atom. The quantitative estimate of drug-likeness (QED) is 0.633. The van der Waals surface area contributed by atoms with Gasteiger partial charge in [0.15, 0.2) is 11.5 Å². The first kappa shape index (κ1) is 18.8. The van der Waals surface area contributed by atoms with Crippen LogP contribution in [0.15, 0.2) is 41.2 Å². The van der Waals surface area contributed by atoms with E-state index in [0.29, 0.717) is 34.8 Å². The van der Waals surface area contributed by atoms with Crippen molar-refractivity contribution in [1.82, 2.24) is 9.55 Å². The summed E-state index contributed by atoms with van der Waals surface area (Å²) in [6, 6.07) is 11.0. The fourth-order valence-electron chi connectivity index (χ4n) is 3.05. The van der Waals surface area contributed by atoms with Crippen LogP contribution in [0, 0.1) is 0 Å². The van der Waals surface area contributed by atoms with E-state index in [-0.39, 0.29) is 5.56 Å². The highest BCUT2D eigenvalue weighted by molar-refractivity contribution is 5.83. The Labute approximate surface area is 158 Å². The van der Waals surface area contributed by atoms with Crippen LogP contribution in [0.1, 0.15) is 19.8 Å². The van der Waals surface area contributed by atoms with Crippen LogP contribution < -0.4 is 19.8 Å². The summed E-state index contributed by atoms with van der Waals surface area (Å²) < 4.78 is 17.8. The maximum absolute atomic E-state index is 13.2. The molecular formula is C21H24N2O4. The second-order valence-corrected chi connectivity index (χ2v) is 6.20. The number of hydrogen-bond acceptors (Lipinski definition) is 5. The zero-order valence-corrected chi connectivity index (χ0v) is 16.1. The number of hydrogen-bond donors (Lipinski definition) is 0. The molecule has 3 rings (SSSR count). The summed E-state index contributed by atoms with van der Waals surface area (Å²) in [6.45, 7) is 2.69. The molecule has 0 N–H and O–H groups in total. The fourth-order valence-corrected chi connectivity index (χ4v) is 3.05. The van der Waals surface area contributed by atoms with Gasteiger partial charge in [-0.05, 0) is 24.6 Å². The third kappa shape index (κ3) is 3.60. The Hall–Kier alpha value is -3.02. The highest BCUT2D eigenvalue weighted by Gasteiger charge is 2.16. The molecule has 0 amide bonds. The minimum absolute atomic E-state index is 0.0905. The maximum atomic E-state index is 13.2. The van der Waals surface area contributed by atoms with Crippen LogP contribution in [0.2, 0.25) is 0 Å². The molecule has 1 heterocycles. The van der Waals surface area contributed by atoms with Gasteiger partial charge in [0.2, 0.25) is 0 Å². The topological polar surface area (TPSA) is 62.6 Å². The minimum Gasteiger partial charge on any atom is -0.497 e. The van der Waals surface area contributed by atoms with Gasteiger partial charge >= 0.3 is 0 Å². The maximum Gasteiger partial charge on any atom is 0.261 e. The van der Waals surface area contributed by atoms with Crippen LogP contribution in [0.4, 0.5) is 0 Å². The van der Waals surface area contributed by atoms with E-state index in [0.717, 1.165) is 24.2 Å². The lowest BCUT2D eigenvalue weighted by Crippen LogP contribution is -2.23. The molecule has 0 fully saturated rings. The zero-order valence-electron chi connectivity index (χ0n) is 16.1. The van der Waals surface area contributed by atoms with Crippen LogP contribution in [-0.4, -0.2) is 30.9 Å². The Morgan fingerprint density at radius 3 is 2.41 bits per heavy atom. The predicted molar refractivity (Wildman–Crippen MR) is 106 cm³/mol. The van der Waals surface area contributed by atoms with Crippen LogP contribution in [0.25, 0.3) is 22.3 Å². The van der Waals surface area contributed by atoms with Gasteiger partial charge in [0.1, 0.15) is 11.6 Å². The van der Waals surface area contributed by atoms with Gasteiger partial charge in [0, 0.05) is 18.2 Å². The largest absolute Gasteiger partial charge is 0.497 e. The molecule has 27 heavy (non-hydrogen) atoms. The standard InChI is InChI=1S/C21H24N2O4/c1-5-6-10-23-20(14-8-7-9-15(11-14)25-2)22-17-13-19(27-4)18(26-3)12-16(17)21(23)24/h7-9,11-13H,5-6,10H2,1-4H3. The summed E-state index contributed by atoms with van der Waals surface area (Å²) in [5.41, 5.74) is 1.31. The van der Waals surface area contributed by atoms with E-state index in [1.165, 1.54) is 0 Å². The van der Waals surface area contributed by atoms with Crippen molar-refractivity contribution in [3.05, 3.63) is 46.8 Å². The predicted octanol–water partition coefficient (Wildman–Crippen LogP) is 3.89. The first-order chi connectivity index (χ1) is 13.1. The molecule has 6 nitrogen and oxygen atoms in total. The summed E-state index contributed by atoms with van der Waals surface area (Å²) in [7, 11) is 4.74. The van der Waals surface area contributed by atoms with Crippen molar-refractivity contribution in [3.63, 3.8) is 0 Å². The lowest BCUT2D eigenvalue weighted by Gasteiger charge is -2.15. The van der Waals surface area contributed by atoms with Crippen molar-refractivity contribution in [2.24, 2.45) is 0 Å². The molecule has 0 unspecified atom stereocenters. The minimum atomic E-state index is -0.0905. The molecule has 0 saturated heterocycles. The second-order valence-electron chi connectivity index (χ2n) is 6.20. The number of aromatic nitrogens is 2. The molecule has 0 aliphatic heterocycles. The molecule has 3 aromatic rings. The summed E-state index contributed by atoms with van der Waals surface area (Å²) in [4.78, 5) is 18.0. The summed E-state index contributed by atoms with van der Waals surface area (Å²) in [5.74, 6) is 2.39. The smallest absolute Gasteiger partial charge is 0.261 e. The van der Waals surface area contributed by atoms with E-state index in [4.69, 9.17) is 19.2 Å². The van der Waals surface area contributed by atoms with E-state index in [2.05, 4.69) is 6.92 Å². The average Bonchev–Trinajstić information content (AvgIpc) is 2.72. The fraction of sp³-hybridized carbons (Fsp3) is 0.333. The van der Waals surface area contributed by atoms with Crippen molar-refractivity contribution in [1.29, 1.82) is 0 Å². The van der Waals surface area contributed by atoms with Gasteiger partial charge in [0.25, 0.3) is 5.56 Å². The lowest BCUT2D eigenvalue weighted by atomic mass is 10.1. The van der Waals surface area contributed by atoms with E-state index >= 15 is 0 Å². The summed E-state index contributed by atoms with van der Waals surface area (Å²) >= 11 is 0. The Morgan fingerprint density at radius 2 is 1.74 bits per heavy atom. The third-order valence-electron chi connectivity index (χ3n) is 4.52. The van der Waals surface area contributed by atoms with Gasteiger partial charge in [-0.2, -0.15) is 0 Å². The number of methoxy groups -OCH3 is 3. The van der Waals surface area contributed by atoms with Gasteiger partial charge in [0.05, 0.1) is 32.2 Å². The molecule has 0 spiro atoms. The monoisotopic (exact) mass is 368 g/mol. The van der Waals surface area contributed by atoms with Crippen LogP contribution in [0.3, 0.4) is 0 Å². The molecule has 0 saturated carbocycles. The Kier molecular flexibility index (Phi) is 5.64. The normalized spacial score (nSPS) is 10.8. The Bertz CT molecular complexity index is 1010. The number of nitrogens with zero attached hydrogens (tertiary/aromatic N) is 2. The van der Waals surface area contributed by atoms with E-state index in [1.807, 2.05) is 24.3 Å². The average molecular weight is 368 g/mol. The van der Waals surface area contributed by atoms with Gasteiger partial charge < -0.3 is 14.2 Å². The molecule has 142 valence electrons. The van der Waals surface area contributed by atoms with E-state index < -0.39 is 0 Å². The summed E-state index contributed by atoms with van der Waals surface area (Å²) in [6.07, 6.45) is 1.87. The third-order valence-corrected chi connectivity index (χ3v) is 4.52. The van der Waals surface area contributed by atoms with Crippen molar-refractivity contribution in [2.75, 3.05) is 21.3 Å². The van der Waals surface area contributed by atoms with Crippen molar-refractivity contribution < 1.29 is 14.2 Å². The number of benzene rings is 2. The highest BCUT2D eigenvalue weighted by Crippen LogP contribution is 2.31. The van der Waals surface area contributed by atoms with Crippen molar-refractivity contribution >= 4 is 10.9 Å². The molecule has 6 heteroatoms. The number of fused-ring (bicyclic) bond motifs is 1. The van der Waals surface area contributed by atoms with Crippen LogP contribution in [-0.2, 0) is 6.54 Å². The molecule has 0 aliphatic rings. The molecule has 1 aromatic heterocycles. The molecule has 0 radical (unpaired) electrons. The molecule has 2 aromatic carbocycles. The first-order valence-corrected chi connectivity index (χ1v) is 8.94. The van der Waals surface area contributed by atoms with Gasteiger partial charge in [-0.15, -0.1) is 0 Å². The second kappa shape index (κ2) is 8.12. The van der Waals surface area contributed by atoms with Crippen LogP contribution in [0.5, 0.6) is 17.2 Å². The van der Waals surface area contributed by atoms with Crippen LogP contribution >= 0.6 is 0 Å². The molecule has 0 aliphatic carbocycles. The van der Waals surface area contributed by atoms with Crippen molar-refractivity contribution in [2.45, 2.75) is 26.3 Å².